The molecule has 0 amide bonds. The van der Waals surface area contributed by atoms with Gasteiger partial charge in [0.1, 0.15) is 0 Å². The number of hydrogen-bond acceptors (Lipinski definition) is 5. The third-order valence-electron chi connectivity index (χ3n) is 1.86. The van der Waals surface area contributed by atoms with Crippen LogP contribution in [0.3, 0.4) is 0 Å². The van der Waals surface area contributed by atoms with Crippen molar-refractivity contribution in [2.24, 2.45) is 0 Å². The van der Waals surface area contributed by atoms with Gasteiger partial charge >= 0.3 is 0 Å². The Morgan fingerprint density at radius 3 is 2.65 bits per heavy atom. The van der Waals surface area contributed by atoms with E-state index in [9.17, 15) is 10.1 Å². The number of benzene rings is 1. The van der Waals surface area contributed by atoms with Gasteiger partial charge in [0.15, 0.2) is 5.16 Å². The van der Waals surface area contributed by atoms with Crippen molar-refractivity contribution in [3.8, 4) is 0 Å². The summed E-state index contributed by atoms with van der Waals surface area (Å²) in [5.41, 5.74) is 0.0387. The molecule has 0 bridgehead atoms. The summed E-state index contributed by atoms with van der Waals surface area (Å²) in [5, 5.41) is 11.4. The fourth-order valence-electron chi connectivity index (χ4n) is 1.16. The minimum absolute atomic E-state index is 0.0387. The highest BCUT2D eigenvalue weighted by atomic mass is 79.9. The van der Waals surface area contributed by atoms with Gasteiger partial charge in [0.05, 0.1) is 9.82 Å². The number of nitrogens with zero attached hydrogens (tertiary/aromatic N) is 3. The van der Waals surface area contributed by atoms with Crippen LogP contribution in [-0.2, 0) is 0 Å². The van der Waals surface area contributed by atoms with Crippen LogP contribution in [-0.4, -0.2) is 14.9 Å². The van der Waals surface area contributed by atoms with Crippen molar-refractivity contribution in [2.75, 3.05) is 0 Å². The molecule has 0 aliphatic heterocycles. The summed E-state index contributed by atoms with van der Waals surface area (Å²) in [6, 6.07) is 6.58. The Kier molecular flexibility index (Phi) is 3.70. The molecule has 0 fully saturated rings. The van der Waals surface area contributed by atoms with E-state index in [1.165, 1.54) is 17.8 Å². The highest BCUT2D eigenvalue weighted by Gasteiger charge is 2.15. The van der Waals surface area contributed by atoms with Crippen molar-refractivity contribution < 1.29 is 4.92 Å². The maximum Gasteiger partial charge on any atom is 0.284 e. The molecule has 86 valence electrons. The summed E-state index contributed by atoms with van der Waals surface area (Å²) in [6.07, 6.45) is 3.19. The first kappa shape index (κ1) is 12.0. The second-order valence-corrected chi connectivity index (χ2v) is 4.93. The molecule has 2 rings (SSSR count). The first-order valence-electron chi connectivity index (χ1n) is 4.55. The van der Waals surface area contributed by atoms with E-state index < -0.39 is 4.92 Å². The molecular weight excluding hydrogens is 306 g/mol. The van der Waals surface area contributed by atoms with Crippen LogP contribution < -0.4 is 0 Å². The van der Waals surface area contributed by atoms with Crippen LogP contribution in [0.5, 0.6) is 0 Å². The van der Waals surface area contributed by atoms with Crippen LogP contribution in [0.4, 0.5) is 5.69 Å². The third kappa shape index (κ3) is 3.01. The molecule has 0 radical (unpaired) electrons. The molecule has 1 aromatic carbocycles. The standard InChI is InChI=1S/C10H6BrN3O2S/c11-7-2-3-9(8(6-7)14(15)16)17-10-12-4-1-5-13-10/h1-6H. The summed E-state index contributed by atoms with van der Waals surface area (Å²) < 4.78 is 0.669. The van der Waals surface area contributed by atoms with E-state index in [2.05, 4.69) is 25.9 Å². The number of nitro groups is 1. The Balaban J connectivity index is 2.36. The topological polar surface area (TPSA) is 68.9 Å². The number of nitro benzene ring substituents is 1. The zero-order valence-electron chi connectivity index (χ0n) is 8.41. The van der Waals surface area contributed by atoms with Crippen molar-refractivity contribution in [3.05, 3.63) is 51.2 Å². The summed E-state index contributed by atoms with van der Waals surface area (Å²) >= 11 is 4.37. The van der Waals surface area contributed by atoms with Crippen LogP contribution in [0.2, 0.25) is 0 Å². The number of halogens is 1. The first-order chi connectivity index (χ1) is 8.16. The van der Waals surface area contributed by atoms with Crippen LogP contribution in [0.1, 0.15) is 0 Å². The van der Waals surface area contributed by atoms with Gasteiger partial charge in [0.25, 0.3) is 5.69 Å². The van der Waals surface area contributed by atoms with Gasteiger partial charge in [-0.1, -0.05) is 15.9 Å². The normalized spacial score (nSPS) is 10.2. The molecule has 2 aromatic rings. The third-order valence-corrected chi connectivity index (χ3v) is 3.31. The van der Waals surface area contributed by atoms with Gasteiger partial charge in [-0.15, -0.1) is 0 Å². The fraction of sp³-hybridized carbons (Fsp3) is 0. The SMILES string of the molecule is O=[N+]([O-])c1cc(Br)ccc1Sc1ncccn1. The summed E-state index contributed by atoms with van der Waals surface area (Å²) in [5.74, 6) is 0. The monoisotopic (exact) mass is 311 g/mol. The molecule has 1 aromatic heterocycles. The van der Waals surface area contributed by atoms with Crippen LogP contribution in [0, 0.1) is 10.1 Å². The summed E-state index contributed by atoms with van der Waals surface area (Å²) in [7, 11) is 0. The Hall–Kier alpha value is -1.47. The molecule has 0 saturated carbocycles. The van der Waals surface area contributed by atoms with Crippen molar-refractivity contribution in [2.45, 2.75) is 10.1 Å². The lowest BCUT2D eigenvalue weighted by Gasteiger charge is -2.01. The predicted molar refractivity (Wildman–Crippen MR) is 67.0 cm³/mol. The minimum Gasteiger partial charge on any atom is -0.258 e. The zero-order chi connectivity index (χ0) is 12.3. The number of hydrogen-bond donors (Lipinski definition) is 0. The van der Waals surface area contributed by atoms with Crippen LogP contribution in [0.25, 0.3) is 0 Å². The van der Waals surface area contributed by atoms with Gasteiger partial charge in [0, 0.05) is 22.9 Å². The smallest absolute Gasteiger partial charge is 0.258 e. The van der Waals surface area contributed by atoms with E-state index in [1.807, 2.05) is 0 Å². The zero-order valence-corrected chi connectivity index (χ0v) is 10.8. The molecular formula is C10H6BrN3O2S. The second-order valence-electron chi connectivity index (χ2n) is 3.00. The van der Waals surface area contributed by atoms with Gasteiger partial charge in [-0.25, -0.2) is 9.97 Å². The van der Waals surface area contributed by atoms with Crippen molar-refractivity contribution >= 4 is 33.4 Å². The predicted octanol–water partition coefficient (Wildman–Crippen LogP) is 3.30. The molecule has 0 N–H and O–H groups in total. The molecule has 0 aliphatic rings. The summed E-state index contributed by atoms with van der Waals surface area (Å²) in [4.78, 5) is 19.0. The second kappa shape index (κ2) is 5.24. The number of rotatable bonds is 3. The maximum atomic E-state index is 10.9. The molecule has 5 nitrogen and oxygen atoms in total. The van der Waals surface area contributed by atoms with E-state index in [1.54, 1.807) is 30.6 Å². The van der Waals surface area contributed by atoms with E-state index in [0.29, 0.717) is 14.5 Å². The Labute approximate surface area is 110 Å². The van der Waals surface area contributed by atoms with Crippen LogP contribution >= 0.6 is 27.7 Å². The molecule has 0 aliphatic carbocycles. The van der Waals surface area contributed by atoms with Gasteiger partial charge in [0.2, 0.25) is 0 Å². The van der Waals surface area contributed by atoms with E-state index in [-0.39, 0.29) is 5.69 Å². The van der Waals surface area contributed by atoms with E-state index in [4.69, 9.17) is 0 Å². The molecule has 17 heavy (non-hydrogen) atoms. The minimum atomic E-state index is -0.421. The lowest BCUT2D eigenvalue weighted by Crippen LogP contribution is -1.92. The molecule has 0 atom stereocenters. The number of aromatic nitrogens is 2. The van der Waals surface area contributed by atoms with Crippen molar-refractivity contribution in [1.29, 1.82) is 0 Å². The Bertz CT molecular complexity index is 551. The average molecular weight is 312 g/mol. The highest BCUT2D eigenvalue weighted by molar-refractivity contribution is 9.10. The van der Waals surface area contributed by atoms with Gasteiger partial charge < -0.3 is 0 Å². The average Bonchev–Trinajstić information content (AvgIpc) is 2.32. The Morgan fingerprint density at radius 1 is 1.29 bits per heavy atom. The molecule has 0 spiro atoms. The quantitative estimate of drug-likeness (QED) is 0.494. The van der Waals surface area contributed by atoms with Crippen molar-refractivity contribution in [3.63, 3.8) is 0 Å². The fourth-order valence-corrected chi connectivity index (χ4v) is 2.30. The molecule has 0 saturated heterocycles. The highest BCUT2D eigenvalue weighted by Crippen LogP contribution is 2.34. The van der Waals surface area contributed by atoms with E-state index >= 15 is 0 Å². The first-order valence-corrected chi connectivity index (χ1v) is 6.16. The molecule has 7 heteroatoms. The van der Waals surface area contributed by atoms with Gasteiger partial charge in [-0.2, -0.15) is 0 Å². The van der Waals surface area contributed by atoms with Gasteiger partial charge in [-0.05, 0) is 30.0 Å². The van der Waals surface area contributed by atoms with Crippen molar-refractivity contribution in [1.82, 2.24) is 9.97 Å². The molecule has 1 heterocycles. The Morgan fingerprint density at radius 2 is 2.00 bits per heavy atom. The largest absolute Gasteiger partial charge is 0.284 e. The lowest BCUT2D eigenvalue weighted by molar-refractivity contribution is -0.387. The van der Waals surface area contributed by atoms with E-state index in [0.717, 1.165) is 0 Å². The molecule has 0 unspecified atom stereocenters. The summed E-state index contributed by atoms with van der Waals surface area (Å²) in [6.45, 7) is 0. The lowest BCUT2D eigenvalue weighted by atomic mass is 10.3. The van der Waals surface area contributed by atoms with Crippen LogP contribution in [0.15, 0.2) is 51.2 Å². The maximum absolute atomic E-state index is 10.9. The van der Waals surface area contributed by atoms with Gasteiger partial charge in [-0.3, -0.25) is 10.1 Å².